The number of rotatable bonds is 9. The molecule has 0 amide bonds. The van der Waals surface area contributed by atoms with E-state index in [0.29, 0.717) is 30.6 Å². The summed E-state index contributed by atoms with van der Waals surface area (Å²) < 4.78 is 0. The van der Waals surface area contributed by atoms with Gasteiger partial charge in [0.05, 0.1) is 0 Å². The van der Waals surface area contributed by atoms with Gasteiger partial charge >= 0.3 is 0 Å². The highest BCUT2D eigenvalue weighted by Gasteiger charge is 2.38. The SMILES string of the molecule is CC1(C)c2ccccc2N(Cc2c(-c3ccccc3)cccc2-c2nc(-c3ccccc3)nc(-c3cccc(-c4ccccc4)c3CN3c4ccccc4C(C)(C)c4ccccc43)n2)c2ccccc21. The average Bonchev–Trinajstić information content (AvgIpc) is 3.42. The van der Waals surface area contributed by atoms with Crippen molar-refractivity contribution in [1.29, 1.82) is 0 Å². The number of hydrogen-bond donors (Lipinski definition) is 0. The molecule has 12 rings (SSSR count). The molecule has 338 valence electrons. The number of fused-ring (bicyclic) bond motifs is 4. The first-order valence-corrected chi connectivity index (χ1v) is 24.4. The van der Waals surface area contributed by atoms with Crippen LogP contribution in [0, 0.1) is 0 Å². The molecule has 70 heavy (non-hydrogen) atoms. The quantitative estimate of drug-likeness (QED) is 0.144. The Bertz CT molecular complexity index is 3250. The highest BCUT2D eigenvalue weighted by Crippen LogP contribution is 2.52. The van der Waals surface area contributed by atoms with Crippen molar-refractivity contribution < 1.29 is 0 Å². The lowest BCUT2D eigenvalue weighted by Crippen LogP contribution is -2.32. The Balaban J connectivity index is 1.09. The number of nitrogens with zero attached hydrogens (tertiary/aromatic N) is 5. The van der Waals surface area contributed by atoms with Crippen molar-refractivity contribution in [2.45, 2.75) is 51.6 Å². The Hall–Kier alpha value is -8.41. The second-order valence-electron chi connectivity index (χ2n) is 19.6. The van der Waals surface area contributed by atoms with Crippen LogP contribution < -0.4 is 9.80 Å². The van der Waals surface area contributed by atoms with Crippen LogP contribution in [-0.4, -0.2) is 15.0 Å². The molecule has 0 bridgehead atoms. The summed E-state index contributed by atoms with van der Waals surface area (Å²) in [7, 11) is 0. The number of hydrogen-bond acceptors (Lipinski definition) is 5. The fourth-order valence-corrected chi connectivity index (χ4v) is 11.2. The summed E-state index contributed by atoms with van der Waals surface area (Å²) in [5, 5.41) is 0. The fourth-order valence-electron chi connectivity index (χ4n) is 11.2. The lowest BCUT2D eigenvalue weighted by molar-refractivity contribution is 0.623. The van der Waals surface area contributed by atoms with E-state index >= 15 is 0 Å². The van der Waals surface area contributed by atoms with Gasteiger partial charge in [-0.15, -0.1) is 0 Å². The predicted molar refractivity (Wildman–Crippen MR) is 289 cm³/mol. The van der Waals surface area contributed by atoms with E-state index in [-0.39, 0.29) is 10.8 Å². The van der Waals surface area contributed by atoms with Crippen LogP contribution in [0.5, 0.6) is 0 Å². The van der Waals surface area contributed by atoms with E-state index in [2.05, 4.69) is 256 Å². The molecule has 0 atom stereocenters. The van der Waals surface area contributed by atoms with Crippen molar-refractivity contribution in [3.05, 3.63) is 258 Å². The maximum Gasteiger partial charge on any atom is 0.164 e. The minimum absolute atomic E-state index is 0.181. The van der Waals surface area contributed by atoms with Crippen LogP contribution in [0.1, 0.15) is 61.1 Å². The van der Waals surface area contributed by atoms with Crippen LogP contribution in [-0.2, 0) is 23.9 Å². The molecular formula is C65H53N5. The Labute approximate surface area is 411 Å². The standard InChI is InChI=1S/C65H53N5/c1-64(2)53-34-14-18-38-57(53)69(58-39-19-15-35-54(58)64)42-51-47(44-24-8-5-9-25-44)30-22-32-49(51)62-66-61(46-28-12-7-13-29-46)67-63(68-62)50-33-23-31-48(45-26-10-6-11-27-45)52(50)43-70-59-40-20-16-36-55(59)65(3,4)56-37-17-21-41-60(56)70/h5-41H,42-43H2,1-4H3. The number of benzene rings is 9. The molecule has 0 aliphatic carbocycles. The molecule has 0 spiro atoms. The monoisotopic (exact) mass is 903 g/mol. The van der Waals surface area contributed by atoms with Gasteiger partial charge in [-0.3, -0.25) is 0 Å². The maximum atomic E-state index is 5.64. The van der Waals surface area contributed by atoms with Gasteiger partial charge < -0.3 is 9.80 Å². The highest BCUT2D eigenvalue weighted by atomic mass is 15.2. The molecular weight excluding hydrogens is 851 g/mol. The van der Waals surface area contributed by atoms with E-state index in [4.69, 9.17) is 15.0 Å². The van der Waals surface area contributed by atoms with E-state index < -0.39 is 0 Å². The van der Waals surface area contributed by atoms with Crippen molar-refractivity contribution in [3.63, 3.8) is 0 Å². The maximum absolute atomic E-state index is 5.64. The second-order valence-corrected chi connectivity index (χ2v) is 19.6. The summed E-state index contributed by atoms with van der Waals surface area (Å²) >= 11 is 0. The predicted octanol–water partition coefficient (Wildman–Crippen LogP) is 16.2. The zero-order valence-electron chi connectivity index (χ0n) is 40.0. The van der Waals surface area contributed by atoms with E-state index in [9.17, 15) is 0 Å². The van der Waals surface area contributed by atoms with Crippen LogP contribution >= 0.6 is 0 Å². The molecule has 5 heteroatoms. The largest absolute Gasteiger partial charge is 0.336 e. The van der Waals surface area contributed by atoms with E-state index in [0.717, 1.165) is 50.1 Å². The van der Waals surface area contributed by atoms with Crippen LogP contribution in [0.4, 0.5) is 22.7 Å². The third-order valence-corrected chi connectivity index (χ3v) is 14.8. The molecule has 3 heterocycles. The average molecular weight is 904 g/mol. The van der Waals surface area contributed by atoms with Crippen LogP contribution in [0.15, 0.2) is 224 Å². The van der Waals surface area contributed by atoms with Gasteiger partial charge in [-0.2, -0.15) is 0 Å². The molecule has 10 aromatic rings. The van der Waals surface area contributed by atoms with Crippen molar-refractivity contribution in [1.82, 2.24) is 15.0 Å². The summed E-state index contributed by atoms with van der Waals surface area (Å²) in [5.41, 5.74) is 19.3. The molecule has 9 aromatic carbocycles. The lowest BCUT2D eigenvalue weighted by Gasteiger charge is -2.42. The molecule has 0 N–H and O–H groups in total. The molecule has 0 radical (unpaired) electrons. The van der Waals surface area contributed by atoms with Gasteiger partial charge in [-0.05, 0) is 79.9 Å². The first-order chi connectivity index (χ1) is 34.3. The molecule has 0 fully saturated rings. The van der Waals surface area contributed by atoms with Crippen LogP contribution in [0.25, 0.3) is 56.4 Å². The third-order valence-electron chi connectivity index (χ3n) is 14.8. The molecule has 0 unspecified atom stereocenters. The summed E-state index contributed by atoms with van der Waals surface area (Å²) in [6, 6.07) is 80.6. The molecule has 2 aliphatic rings. The highest BCUT2D eigenvalue weighted by molar-refractivity contribution is 5.85. The van der Waals surface area contributed by atoms with Crippen LogP contribution in [0.2, 0.25) is 0 Å². The van der Waals surface area contributed by atoms with E-state index in [1.165, 1.54) is 45.0 Å². The van der Waals surface area contributed by atoms with Crippen molar-refractivity contribution in [2.24, 2.45) is 0 Å². The Morgan fingerprint density at radius 1 is 0.286 bits per heavy atom. The molecule has 5 nitrogen and oxygen atoms in total. The number of para-hydroxylation sites is 4. The van der Waals surface area contributed by atoms with Gasteiger partial charge in [-0.25, -0.2) is 15.0 Å². The first-order valence-electron chi connectivity index (χ1n) is 24.4. The summed E-state index contributed by atoms with van der Waals surface area (Å²) in [4.78, 5) is 21.5. The van der Waals surface area contributed by atoms with Crippen LogP contribution in [0.3, 0.4) is 0 Å². The summed E-state index contributed by atoms with van der Waals surface area (Å²) in [6.07, 6.45) is 0. The molecule has 0 saturated carbocycles. The number of aromatic nitrogens is 3. The first kappa shape index (κ1) is 42.9. The fraction of sp³-hybridized carbons (Fsp3) is 0.123. The third kappa shape index (κ3) is 7.28. The smallest absolute Gasteiger partial charge is 0.164 e. The second kappa shape index (κ2) is 17.3. The van der Waals surface area contributed by atoms with Gasteiger partial charge in [0, 0.05) is 63.4 Å². The van der Waals surface area contributed by atoms with Crippen molar-refractivity contribution in [2.75, 3.05) is 9.80 Å². The topological polar surface area (TPSA) is 45.2 Å². The Morgan fingerprint density at radius 2 is 0.571 bits per heavy atom. The van der Waals surface area contributed by atoms with Gasteiger partial charge in [0.25, 0.3) is 0 Å². The summed E-state index contributed by atoms with van der Waals surface area (Å²) in [6.45, 7) is 10.5. The van der Waals surface area contributed by atoms with Gasteiger partial charge in [0.15, 0.2) is 17.5 Å². The number of anilines is 4. The van der Waals surface area contributed by atoms with Gasteiger partial charge in [0.2, 0.25) is 0 Å². The van der Waals surface area contributed by atoms with Gasteiger partial charge in [0.1, 0.15) is 0 Å². The zero-order valence-corrected chi connectivity index (χ0v) is 40.0. The minimum Gasteiger partial charge on any atom is -0.336 e. The van der Waals surface area contributed by atoms with Crippen molar-refractivity contribution >= 4 is 22.7 Å². The Morgan fingerprint density at radius 3 is 0.929 bits per heavy atom. The molecule has 2 aliphatic heterocycles. The summed E-state index contributed by atoms with van der Waals surface area (Å²) in [5.74, 6) is 1.88. The Kier molecular flexibility index (Phi) is 10.6. The van der Waals surface area contributed by atoms with Crippen molar-refractivity contribution in [3.8, 4) is 56.4 Å². The minimum atomic E-state index is -0.181. The lowest BCUT2D eigenvalue weighted by atomic mass is 9.73. The normalized spacial score (nSPS) is 14.0. The van der Waals surface area contributed by atoms with E-state index in [1.807, 2.05) is 6.07 Å². The van der Waals surface area contributed by atoms with Gasteiger partial charge in [-0.1, -0.05) is 228 Å². The van der Waals surface area contributed by atoms with E-state index in [1.54, 1.807) is 0 Å². The molecule has 1 aromatic heterocycles. The zero-order chi connectivity index (χ0) is 47.4. The molecule has 0 saturated heterocycles.